The molecule has 1 atom stereocenters. The fraction of sp³-hybridized carbons (Fsp3) is 0.0714. The van der Waals surface area contributed by atoms with Crippen LogP contribution in [0.4, 0.5) is 0 Å². The topological polar surface area (TPSA) is 17.1 Å². The summed E-state index contributed by atoms with van der Waals surface area (Å²) in [5.41, 5.74) is 0.932. The van der Waals surface area contributed by atoms with Crippen LogP contribution in [0.3, 0.4) is 0 Å². The van der Waals surface area contributed by atoms with Crippen molar-refractivity contribution >= 4 is 28.6 Å². The molecule has 1 unspecified atom stereocenters. The lowest BCUT2D eigenvalue weighted by atomic mass is 10.2. The van der Waals surface area contributed by atoms with Crippen molar-refractivity contribution in [2.45, 2.75) is 10.1 Å². The second-order valence-electron chi connectivity index (χ2n) is 3.53. The zero-order chi connectivity index (χ0) is 12.1. The van der Waals surface area contributed by atoms with Crippen LogP contribution in [0.2, 0.25) is 0 Å². The highest BCUT2D eigenvalue weighted by Crippen LogP contribution is 2.36. The minimum atomic E-state index is -0.347. The Balaban J connectivity index is 2.23. The standard InChI is InChI=1S/C14H11ClOS/c15-14(16)13(11-7-3-1-4-8-11)17-12-9-5-2-6-10-12/h1-10,13H. The number of hydrogen-bond donors (Lipinski definition) is 0. The lowest BCUT2D eigenvalue weighted by Crippen LogP contribution is -2.02. The third kappa shape index (κ3) is 3.35. The quantitative estimate of drug-likeness (QED) is 0.604. The minimum Gasteiger partial charge on any atom is -0.280 e. The molecule has 0 fully saturated rings. The summed E-state index contributed by atoms with van der Waals surface area (Å²) < 4.78 is 0. The summed E-state index contributed by atoms with van der Waals surface area (Å²) in [6.07, 6.45) is 0. The molecule has 2 aromatic carbocycles. The molecule has 1 nitrogen and oxygen atoms in total. The highest BCUT2D eigenvalue weighted by molar-refractivity contribution is 8.00. The molecule has 2 rings (SSSR count). The third-order valence-electron chi connectivity index (χ3n) is 2.31. The number of benzene rings is 2. The second kappa shape index (κ2) is 5.89. The Labute approximate surface area is 110 Å². The molecule has 0 amide bonds. The second-order valence-corrected chi connectivity index (χ2v) is 5.08. The Morgan fingerprint density at radius 1 is 0.941 bits per heavy atom. The summed E-state index contributed by atoms with van der Waals surface area (Å²) in [6.45, 7) is 0. The van der Waals surface area contributed by atoms with Gasteiger partial charge in [0, 0.05) is 4.90 Å². The van der Waals surface area contributed by atoms with E-state index in [0.29, 0.717) is 0 Å². The zero-order valence-electron chi connectivity index (χ0n) is 9.05. The number of halogens is 1. The van der Waals surface area contributed by atoms with Gasteiger partial charge >= 0.3 is 0 Å². The van der Waals surface area contributed by atoms with Crippen LogP contribution in [0.15, 0.2) is 65.6 Å². The molecule has 0 aliphatic rings. The maximum atomic E-state index is 11.5. The van der Waals surface area contributed by atoms with E-state index in [9.17, 15) is 4.79 Å². The molecular formula is C14H11ClOS. The van der Waals surface area contributed by atoms with Gasteiger partial charge in [-0.1, -0.05) is 48.5 Å². The van der Waals surface area contributed by atoms with Crippen LogP contribution in [0.25, 0.3) is 0 Å². The predicted molar refractivity (Wildman–Crippen MR) is 72.3 cm³/mol. The van der Waals surface area contributed by atoms with E-state index >= 15 is 0 Å². The van der Waals surface area contributed by atoms with E-state index in [2.05, 4.69) is 0 Å². The van der Waals surface area contributed by atoms with E-state index < -0.39 is 0 Å². The van der Waals surface area contributed by atoms with E-state index in [0.717, 1.165) is 10.5 Å². The average Bonchev–Trinajstić information content (AvgIpc) is 2.38. The first-order chi connectivity index (χ1) is 8.27. The molecule has 0 N–H and O–H groups in total. The molecular weight excluding hydrogens is 252 g/mol. The lowest BCUT2D eigenvalue weighted by Gasteiger charge is -2.12. The SMILES string of the molecule is O=C(Cl)C(Sc1ccccc1)c1ccccc1. The Kier molecular flexibility index (Phi) is 4.24. The highest BCUT2D eigenvalue weighted by atomic mass is 35.5. The Hall–Kier alpha value is -1.25. The van der Waals surface area contributed by atoms with Gasteiger partial charge in [-0.15, -0.1) is 11.8 Å². The van der Waals surface area contributed by atoms with E-state index in [-0.39, 0.29) is 10.5 Å². The molecule has 0 aromatic heterocycles. The number of rotatable bonds is 4. The van der Waals surface area contributed by atoms with Crippen LogP contribution < -0.4 is 0 Å². The van der Waals surface area contributed by atoms with Gasteiger partial charge in [-0.3, -0.25) is 4.79 Å². The van der Waals surface area contributed by atoms with Crippen LogP contribution in [0.1, 0.15) is 10.8 Å². The van der Waals surface area contributed by atoms with Gasteiger partial charge in [0.15, 0.2) is 0 Å². The first kappa shape index (κ1) is 12.2. The number of hydrogen-bond acceptors (Lipinski definition) is 2. The third-order valence-corrected chi connectivity index (χ3v) is 3.92. The molecule has 86 valence electrons. The fourth-order valence-electron chi connectivity index (χ4n) is 1.51. The van der Waals surface area contributed by atoms with Crippen molar-refractivity contribution in [2.75, 3.05) is 0 Å². The fourth-order valence-corrected chi connectivity index (χ4v) is 2.74. The predicted octanol–water partition coefficient (Wildman–Crippen LogP) is 4.29. The van der Waals surface area contributed by atoms with Gasteiger partial charge in [0.05, 0.1) is 0 Å². The summed E-state index contributed by atoms with van der Waals surface area (Å²) in [6, 6.07) is 19.4. The van der Waals surface area contributed by atoms with Crippen LogP contribution in [0, 0.1) is 0 Å². The molecule has 2 aromatic rings. The summed E-state index contributed by atoms with van der Waals surface area (Å²) in [5.74, 6) is 0. The molecule has 0 saturated heterocycles. The maximum Gasteiger partial charge on any atom is 0.239 e. The van der Waals surface area contributed by atoms with Crippen molar-refractivity contribution in [3.8, 4) is 0 Å². The van der Waals surface area contributed by atoms with E-state index in [1.54, 1.807) is 0 Å². The van der Waals surface area contributed by atoms with E-state index in [4.69, 9.17) is 11.6 Å². The number of carbonyl (C=O) groups excluding carboxylic acids is 1. The molecule has 3 heteroatoms. The van der Waals surface area contributed by atoms with Crippen molar-refractivity contribution in [3.63, 3.8) is 0 Å². The molecule has 0 saturated carbocycles. The monoisotopic (exact) mass is 262 g/mol. The molecule has 0 heterocycles. The van der Waals surface area contributed by atoms with Gasteiger partial charge in [-0.25, -0.2) is 0 Å². The first-order valence-corrected chi connectivity index (χ1v) is 6.49. The van der Waals surface area contributed by atoms with Crippen molar-refractivity contribution < 1.29 is 4.79 Å². The van der Waals surface area contributed by atoms with Crippen LogP contribution in [0.5, 0.6) is 0 Å². The van der Waals surface area contributed by atoms with Crippen LogP contribution >= 0.6 is 23.4 Å². The van der Waals surface area contributed by atoms with Gasteiger partial charge in [-0.2, -0.15) is 0 Å². The summed E-state index contributed by atoms with van der Waals surface area (Å²) in [4.78, 5) is 12.5. The van der Waals surface area contributed by atoms with Gasteiger partial charge in [0.25, 0.3) is 0 Å². The summed E-state index contributed by atoms with van der Waals surface area (Å²) in [5, 5.41) is -0.690. The Bertz CT molecular complexity index is 484. The van der Waals surface area contributed by atoms with Crippen molar-refractivity contribution in [2.24, 2.45) is 0 Å². The number of carbonyl (C=O) groups is 1. The molecule has 0 aliphatic heterocycles. The highest BCUT2D eigenvalue weighted by Gasteiger charge is 2.19. The first-order valence-electron chi connectivity index (χ1n) is 5.23. The smallest absolute Gasteiger partial charge is 0.239 e. The van der Waals surface area contributed by atoms with Gasteiger partial charge < -0.3 is 0 Å². The lowest BCUT2D eigenvalue weighted by molar-refractivity contribution is -0.111. The normalized spacial score (nSPS) is 12.1. The minimum absolute atomic E-state index is 0.343. The average molecular weight is 263 g/mol. The molecule has 0 radical (unpaired) electrons. The van der Waals surface area contributed by atoms with Gasteiger partial charge in [-0.05, 0) is 29.3 Å². The van der Waals surface area contributed by atoms with Crippen LogP contribution in [-0.4, -0.2) is 5.24 Å². The van der Waals surface area contributed by atoms with Gasteiger partial charge in [0.2, 0.25) is 5.24 Å². The summed E-state index contributed by atoms with van der Waals surface area (Å²) in [7, 11) is 0. The Morgan fingerprint density at radius 3 is 2.00 bits per heavy atom. The largest absolute Gasteiger partial charge is 0.280 e. The Morgan fingerprint density at radius 2 is 1.47 bits per heavy atom. The summed E-state index contributed by atoms with van der Waals surface area (Å²) >= 11 is 7.14. The van der Waals surface area contributed by atoms with Crippen LogP contribution in [-0.2, 0) is 4.79 Å². The van der Waals surface area contributed by atoms with Crippen molar-refractivity contribution in [1.29, 1.82) is 0 Å². The number of thioether (sulfide) groups is 1. The molecule has 17 heavy (non-hydrogen) atoms. The van der Waals surface area contributed by atoms with Crippen molar-refractivity contribution in [3.05, 3.63) is 66.2 Å². The zero-order valence-corrected chi connectivity index (χ0v) is 10.6. The molecule has 0 spiro atoms. The van der Waals surface area contributed by atoms with Gasteiger partial charge in [0.1, 0.15) is 5.25 Å². The van der Waals surface area contributed by atoms with E-state index in [1.807, 2.05) is 60.7 Å². The molecule has 0 aliphatic carbocycles. The molecule has 0 bridgehead atoms. The van der Waals surface area contributed by atoms with E-state index in [1.165, 1.54) is 11.8 Å². The maximum absolute atomic E-state index is 11.5. The van der Waals surface area contributed by atoms with Crippen molar-refractivity contribution in [1.82, 2.24) is 0 Å².